The molecule has 12 heteroatoms. The van der Waals surface area contributed by atoms with Crippen LogP contribution in [-0.2, 0) is 11.4 Å². The number of nitrogens with one attached hydrogen (secondary N) is 2. The fraction of sp³-hybridized carbons (Fsp3) is 0.120. The summed E-state index contributed by atoms with van der Waals surface area (Å²) in [4.78, 5) is 12.3. The number of nitrogens with two attached hydrogens (primary N) is 1. The molecule has 0 atom stereocenters. The van der Waals surface area contributed by atoms with Crippen LogP contribution in [0.2, 0.25) is 5.02 Å². The average molecular weight is 538 g/mol. The molecule has 3 aromatic carbocycles. The maximum Gasteiger partial charge on any atom is 0.264 e. The van der Waals surface area contributed by atoms with Gasteiger partial charge in [0, 0.05) is 10.6 Å². The Morgan fingerprint density at radius 3 is 2.59 bits per heavy atom. The van der Waals surface area contributed by atoms with Gasteiger partial charge in [0.2, 0.25) is 11.1 Å². The maximum atomic E-state index is 12.3. The summed E-state index contributed by atoms with van der Waals surface area (Å²) in [6.07, 6.45) is 1.60. The number of halogens is 1. The third-order valence-electron chi connectivity index (χ3n) is 4.97. The summed E-state index contributed by atoms with van der Waals surface area (Å²) in [6.45, 7) is 0.387. The molecule has 4 N–H and O–H groups in total. The lowest BCUT2D eigenvalue weighted by molar-refractivity contribution is -0.113. The smallest absolute Gasteiger partial charge is 0.264 e. The highest BCUT2D eigenvalue weighted by molar-refractivity contribution is 7.99. The summed E-state index contributed by atoms with van der Waals surface area (Å²) in [5.74, 6) is 7.36. The van der Waals surface area contributed by atoms with E-state index >= 15 is 0 Å². The minimum absolute atomic E-state index is 0.0784. The van der Waals surface area contributed by atoms with Gasteiger partial charge < -0.3 is 20.6 Å². The zero-order valence-corrected chi connectivity index (χ0v) is 21.4. The molecule has 190 valence electrons. The Morgan fingerprint density at radius 2 is 1.81 bits per heavy atom. The molecule has 0 aliphatic rings. The molecule has 0 spiro atoms. The Labute approximate surface area is 222 Å². The van der Waals surface area contributed by atoms with Gasteiger partial charge in [-0.2, -0.15) is 5.10 Å². The molecule has 0 radical (unpaired) electrons. The first kappa shape index (κ1) is 25.9. The molecule has 0 saturated carbocycles. The van der Waals surface area contributed by atoms with Gasteiger partial charge in [0.05, 0.1) is 24.8 Å². The van der Waals surface area contributed by atoms with Gasteiger partial charge in [0.1, 0.15) is 18.1 Å². The van der Waals surface area contributed by atoms with Crippen LogP contribution in [0.15, 0.2) is 83.1 Å². The molecule has 0 aliphatic carbocycles. The van der Waals surface area contributed by atoms with Crippen molar-refractivity contribution in [2.45, 2.75) is 11.8 Å². The van der Waals surface area contributed by atoms with Crippen molar-refractivity contribution in [2.24, 2.45) is 5.10 Å². The zero-order valence-electron chi connectivity index (χ0n) is 19.8. The lowest BCUT2D eigenvalue weighted by Crippen LogP contribution is -2.17. The number of rotatable bonds is 11. The van der Waals surface area contributed by atoms with E-state index in [4.69, 9.17) is 26.9 Å². The van der Waals surface area contributed by atoms with E-state index in [1.807, 2.05) is 60.7 Å². The largest absolute Gasteiger partial charge is 0.495 e. The molecule has 0 fully saturated rings. The van der Waals surface area contributed by atoms with Gasteiger partial charge in [-0.1, -0.05) is 59.8 Å². The minimum Gasteiger partial charge on any atom is -0.495 e. The molecule has 0 bridgehead atoms. The van der Waals surface area contributed by atoms with Crippen molar-refractivity contribution in [3.63, 3.8) is 0 Å². The summed E-state index contributed by atoms with van der Waals surface area (Å²) in [7, 11) is 1.54. The fourth-order valence-corrected chi connectivity index (χ4v) is 3.92. The van der Waals surface area contributed by atoms with Crippen molar-refractivity contribution >= 4 is 47.1 Å². The standard InChI is InChI=1S/C25H24ClN7O3S/c1-35-22-9-5-3-7-20(22)29-23(34)16-37-25-32-31-24(33(25)27)30-28-14-18-6-2-4-8-21(18)36-15-17-10-12-19(26)13-11-17/h2-14H,15-16,27H2,1H3,(H,29,34)(H,30,31)/b28-14+. The molecule has 0 aliphatic heterocycles. The van der Waals surface area contributed by atoms with Gasteiger partial charge in [-0.15, -0.1) is 10.2 Å². The number of para-hydroxylation sites is 3. The molecule has 0 unspecified atom stereocenters. The van der Waals surface area contributed by atoms with Gasteiger partial charge in [0.15, 0.2) is 0 Å². The van der Waals surface area contributed by atoms with Crippen LogP contribution >= 0.6 is 23.4 Å². The van der Waals surface area contributed by atoms with Crippen LogP contribution in [0.4, 0.5) is 11.6 Å². The van der Waals surface area contributed by atoms with Crippen LogP contribution in [0, 0.1) is 0 Å². The van der Waals surface area contributed by atoms with E-state index in [1.54, 1.807) is 25.5 Å². The molecular weight excluding hydrogens is 514 g/mol. The molecule has 10 nitrogen and oxygen atoms in total. The number of hydrogen-bond donors (Lipinski definition) is 3. The van der Waals surface area contributed by atoms with Crippen LogP contribution in [0.1, 0.15) is 11.1 Å². The highest BCUT2D eigenvalue weighted by atomic mass is 35.5. The van der Waals surface area contributed by atoms with Gasteiger partial charge >= 0.3 is 0 Å². The third kappa shape index (κ3) is 7.15. The molecule has 1 heterocycles. The van der Waals surface area contributed by atoms with Crippen molar-refractivity contribution in [2.75, 3.05) is 29.4 Å². The van der Waals surface area contributed by atoms with Crippen molar-refractivity contribution in [1.29, 1.82) is 0 Å². The fourth-order valence-electron chi connectivity index (χ4n) is 3.14. The lowest BCUT2D eigenvalue weighted by Gasteiger charge is -2.09. The number of carbonyl (C=O) groups is 1. The van der Waals surface area contributed by atoms with Crippen LogP contribution < -0.4 is 26.1 Å². The van der Waals surface area contributed by atoms with Gasteiger partial charge in [-0.25, -0.2) is 10.1 Å². The number of amides is 1. The van der Waals surface area contributed by atoms with E-state index in [9.17, 15) is 4.79 Å². The Hall–Kier alpha value is -4.22. The first-order chi connectivity index (χ1) is 18.0. The van der Waals surface area contributed by atoms with Crippen molar-refractivity contribution in [3.8, 4) is 11.5 Å². The van der Waals surface area contributed by atoms with Gasteiger partial charge in [0.25, 0.3) is 5.95 Å². The van der Waals surface area contributed by atoms with Crippen molar-refractivity contribution in [1.82, 2.24) is 14.9 Å². The first-order valence-corrected chi connectivity index (χ1v) is 12.4. The van der Waals surface area contributed by atoms with E-state index < -0.39 is 0 Å². The second kappa shape index (κ2) is 12.7. The number of ether oxygens (including phenoxy) is 2. The van der Waals surface area contributed by atoms with Gasteiger partial charge in [-0.3, -0.25) is 4.79 Å². The van der Waals surface area contributed by atoms with E-state index in [0.29, 0.717) is 34.0 Å². The molecule has 1 amide bonds. The van der Waals surface area contributed by atoms with E-state index in [-0.39, 0.29) is 17.6 Å². The highest BCUT2D eigenvalue weighted by Gasteiger charge is 2.13. The van der Waals surface area contributed by atoms with Crippen LogP contribution in [0.25, 0.3) is 0 Å². The number of nitrogen functional groups attached to an aromatic ring is 1. The average Bonchev–Trinajstić information content (AvgIpc) is 3.27. The normalized spacial score (nSPS) is 10.9. The summed E-state index contributed by atoms with van der Waals surface area (Å²) >= 11 is 7.07. The highest BCUT2D eigenvalue weighted by Crippen LogP contribution is 2.24. The zero-order chi connectivity index (χ0) is 26.0. The number of nitrogens with zero attached hydrogens (tertiary/aromatic N) is 4. The van der Waals surface area contributed by atoms with Crippen LogP contribution in [-0.4, -0.2) is 39.9 Å². The molecule has 4 rings (SSSR count). The van der Waals surface area contributed by atoms with E-state index in [2.05, 4.69) is 26.0 Å². The first-order valence-electron chi connectivity index (χ1n) is 11.0. The van der Waals surface area contributed by atoms with Crippen molar-refractivity contribution in [3.05, 3.63) is 88.9 Å². The predicted octanol–water partition coefficient (Wildman–Crippen LogP) is 4.41. The number of hydrogen-bond acceptors (Lipinski definition) is 9. The topological polar surface area (TPSA) is 129 Å². The Kier molecular flexibility index (Phi) is 8.84. The Bertz CT molecular complexity index is 1380. The molecule has 0 saturated heterocycles. The van der Waals surface area contributed by atoms with Gasteiger partial charge in [-0.05, 0) is 42.0 Å². The molecule has 1 aromatic heterocycles. The maximum absolute atomic E-state index is 12.3. The quantitative estimate of drug-likeness (QED) is 0.111. The van der Waals surface area contributed by atoms with E-state index in [0.717, 1.165) is 22.9 Å². The number of anilines is 2. The summed E-state index contributed by atoms with van der Waals surface area (Å²) in [5.41, 5.74) is 5.10. The SMILES string of the molecule is COc1ccccc1NC(=O)CSc1nnc(N/N=C/c2ccccc2OCc2ccc(Cl)cc2)n1N. The van der Waals surface area contributed by atoms with E-state index in [1.165, 1.54) is 4.68 Å². The number of hydrazone groups is 1. The number of methoxy groups -OCH3 is 1. The summed E-state index contributed by atoms with van der Waals surface area (Å²) in [6, 6.07) is 22.1. The summed E-state index contributed by atoms with van der Waals surface area (Å²) < 4.78 is 12.4. The summed E-state index contributed by atoms with van der Waals surface area (Å²) in [5, 5.41) is 16.0. The number of thioether (sulfide) groups is 1. The van der Waals surface area contributed by atoms with Crippen LogP contribution in [0.3, 0.4) is 0 Å². The number of aromatic nitrogens is 3. The third-order valence-corrected chi connectivity index (χ3v) is 6.17. The minimum atomic E-state index is -0.236. The van der Waals surface area contributed by atoms with Crippen LogP contribution in [0.5, 0.6) is 11.5 Å². The molecule has 4 aromatic rings. The van der Waals surface area contributed by atoms with Crippen molar-refractivity contribution < 1.29 is 14.3 Å². The lowest BCUT2D eigenvalue weighted by atomic mass is 10.2. The number of benzene rings is 3. The Balaban J connectivity index is 1.31. The monoisotopic (exact) mass is 537 g/mol. The predicted molar refractivity (Wildman–Crippen MR) is 146 cm³/mol. The molecular formula is C25H24ClN7O3S. The second-order valence-corrected chi connectivity index (χ2v) is 8.92. The second-order valence-electron chi connectivity index (χ2n) is 7.54. The Morgan fingerprint density at radius 1 is 1.08 bits per heavy atom. The molecule has 37 heavy (non-hydrogen) atoms. The number of carbonyl (C=O) groups excluding carboxylic acids is 1.